The van der Waals surface area contributed by atoms with Crippen molar-refractivity contribution in [1.82, 2.24) is 0 Å². The molecule has 1 aliphatic rings. The Hall–Kier alpha value is -1.86. The van der Waals surface area contributed by atoms with Gasteiger partial charge in [0.1, 0.15) is 0 Å². The van der Waals surface area contributed by atoms with Crippen molar-refractivity contribution in [3.63, 3.8) is 0 Å². The number of Topliss-reactive ketones (excluding diaryl/α,β-unsaturated/α-hetero) is 1. The molecule has 2 aromatic carbocycles. The average Bonchev–Trinajstić information content (AvgIpc) is 2.76. The molecular weight excluding hydrogens is 268 g/mol. The standard InChI is InChI=1S/C18H15ClO/c1-12-10-13-6-2-3-7-14(13)16(12)11-18(20)15-8-4-5-9-17(15)19/h2-10,16H,11H2,1H3. The monoisotopic (exact) mass is 282 g/mol. The van der Waals surface area contributed by atoms with E-state index in [0.29, 0.717) is 17.0 Å². The lowest BCUT2D eigenvalue weighted by molar-refractivity contribution is 0.0977. The van der Waals surface area contributed by atoms with E-state index in [-0.39, 0.29) is 11.7 Å². The summed E-state index contributed by atoms with van der Waals surface area (Å²) >= 11 is 6.11. The summed E-state index contributed by atoms with van der Waals surface area (Å²) in [5.74, 6) is 0.278. The van der Waals surface area contributed by atoms with E-state index in [0.717, 1.165) is 0 Å². The maximum absolute atomic E-state index is 12.5. The van der Waals surface area contributed by atoms with Crippen molar-refractivity contribution in [1.29, 1.82) is 0 Å². The Labute approximate surface area is 123 Å². The fourth-order valence-corrected chi connectivity index (χ4v) is 3.05. The average molecular weight is 283 g/mol. The molecule has 1 aliphatic carbocycles. The quantitative estimate of drug-likeness (QED) is 0.715. The number of fused-ring (bicyclic) bond motifs is 1. The third-order valence-corrected chi connectivity index (χ3v) is 4.20. The lowest BCUT2D eigenvalue weighted by atomic mass is 9.89. The van der Waals surface area contributed by atoms with Crippen molar-refractivity contribution >= 4 is 23.5 Å². The number of rotatable bonds is 3. The predicted molar refractivity (Wildman–Crippen MR) is 83.2 cm³/mol. The van der Waals surface area contributed by atoms with Gasteiger partial charge in [-0.3, -0.25) is 4.79 Å². The number of carbonyl (C=O) groups is 1. The van der Waals surface area contributed by atoms with Crippen molar-refractivity contribution in [2.45, 2.75) is 19.3 Å². The Morgan fingerprint density at radius 1 is 1.10 bits per heavy atom. The smallest absolute Gasteiger partial charge is 0.165 e. The fourth-order valence-electron chi connectivity index (χ4n) is 2.80. The zero-order valence-electron chi connectivity index (χ0n) is 11.3. The largest absolute Gasteiger partial charge is 0.294 e. The highest BCUT2D eigenvalue weighted by molar-refractivity contribution is 6.34. The molecule has 1 unspecified atom stereocenters. The van der Waals surface area contributed by atoms with Crippen molar-refractivity contribution in [3.8, 4) is 0 Å². The Bertz CT molecular complexity index is 700. The van der Waals surface area contributed by atoms with Gasteiger partial charge in [-0.15, -0.1) is 0 Å². The number of ketones is 1. The second-order valence-corrected chi connectivity index (χ2v) is 5.58. The number of carbonyl (C=O) groups excluding carboxylic acids is 1. The van der Waals surface area contributed by atoms with Crippen LogP contribution in [0.5, 0.6) is 0 Å². The zero-order chi connectivity index (χ0) is 14.1. The molecule has 0 bridgehead atoms. The molecule has 0 spiro atoms. The maximum Gasteiger partial charge on any atom is 0.165 e. The summed E-state index contributed by atoms with van der Waals surface area (Å²) in [5, 5.41) is 0.533. The first-order chi connectivity index (χ1) is 9.66. The van der Waals surface area contributed by atoms with E-state index in [1.165, 1.54) is 16.7 Å². The van der Waals surface area contributed by atoms with Crippen LogP contribution in [0.3, 0.4) is 0 Å². The van der Waals surface area contributed by atoms with Gasteiger partial charge >= 0.3 is 0 Å². The number of allylic oxidation sites excluding steroid dienone is 1. The van der Waals surface area contributed by atoms with E-state index in [4.69, 9.17) is 11.6 Å². The predicted octanol–water partition coefficient (Wildman–Crippen LogP) is 5.11. The van der Waals surface area contributed by atoms with E-state index in [9.17, 15) is 4.79 Å². The van der Waals surface area contributed by atoms with E-state index in [1.807, 2.05) is 24.3 Å². The Morgan fingerprint density at radius 2 is 1.80 bits per heavy atom. The second kappa shape index (κ2) is 5.26. The third-order valence-electron chi connectivity index (χ3n) is 3.87. The highest BCUT2D eigenvalue weighted by Gasteiger charge is 2.25. The number of halogens is 1. The summed E-state index contributed by atoms with van der Waals surface area (Å²) in [4.78, 5) is 12.5. The summed E-state index contributed by atoms with van der Waals surface area (Å²) in [6.07, 6.45) is 2.64. The molecule has 2 heteroatoms. The van der Waals surface area contributed by atoms with Gasteiger partial charge in [-0.25, -0.2) is 0 Å². The Kier molecular flexibility index (Phi) is 3.45. The van der Waals surface area contributed by atoms with Crippen LogP contribution in [-0.4, -0.2) is 5.78 Å². The molecular formula is C18H15ClO. The third kappa shape index (κ3) is 2.30. The Morgan fingerprint density at radius 3 is 2.60 bits per heavy atom. The molecule has 0 heterocycles. The summed E-state index contributed by atoms with van der Waals surface area (Å²) < 4.78 is 0. The normalized spacial score (nSPS) is 16.7. The molecule has 0 N–H and O–H groups in total. The van der Waals surface area contributed by atoms with Gasteiger partial charge in [0.25, 0.3) is 0 Å². The van der Waals surface area contributed by atoms with Crippen molar-refractivity contribution in [3.05, 3.63) is 75.8 Å². The molecule has 0 amide bonds. The van der Waals surface area contributed by atoms with Gasteiger partial charge in [-0.1, -0.05) is 59.6 Å². The van der Waals surface area contributed by atoms with Crippen molar-refractivity contribution < 1.29 is 4.79 Å². The van der Waals surface area contributed by atoms with Gasteiger partial charge in [0.05, 0.1) is 5.02 Å². The summed E-state index contributed by atoms with van der Waals surface area (Å²) in [6, 6.07) is 15.5. The van der Waals surface area contributed by atoms with Crippen LogP contribution >= 0.6 is 11.6 Å². The molecule has 1 atom stereocenters. The highest BCUT2D eigenvalue weighted by Crippen LogP contribution is 2.39. The molecule has 2 aromatic rings. The Balaban J connectivity index is 1.88. The van der Waals surface area contributed by atoms with E-state index >= 15 is 0 Å². The van der Waals surface area contributed by atoms with Crippen LogP contribution in [0.4, 0.5) is 0 Å². The van der Waals surface area contributed by atoms with E-state index in [2.05, 4.69) is 25.1 Å². The number of hydrogen-bond acceptors (Lipinski definition) is 1. The van der Waals surface area contributed by atoms with Crippen molar-refractivity contribution in [2.24, 2.45) is 0 Å². The molecule has 20 heavy (non-hydrogen) atoms. The molecule has 1 nitrogen and oxygen atoms in total. The molecule has 100 valence electrons. The van der Waals surface area contributed by atoms with Gasteiger partial charge in [-0.05, 0) is 30.2 Å². The van der Waals surface area contributed by atoms with Crippen LogP contribution in [0.25, 0.3) is 6.08 Å². The summed E-state index contributed by atoms with van der Waals surface area (Å²) in [6.45, 7) is 2.09. The molecule has 0 aromatic heterocycles. The fraction of sp³-hybridized carbons (Fsp3) is 0.167. The van der Waals surface area contributed by atoms with Crippen molar-refractivity contribution in [2.75, 3.05) is 0 Å². The molecule has 0 fully saturated rings. The van der Waals surface area contributed by atoms with Crippen LogP contribution in [0, 0.1) is 0 Å². The SMILES string of the molecule is CC1=Cc2ccccc2C1CC(=O)c1ccccc1Cl. The van der Waals surface area contributed by atoms with Crippen LogP contribution in [0.2, 0.25) is 5.02 Å². The van der Waals surface area contributed by atoms with Crippen LogP contribution in [-0.2, 0) is 0 Å². The summed E-state index contributed by atoms with van der Waals surface area (Å²) in [5.41, 5.74) is 4.32. The minimum atomic E-state index is 0.102. The van der Waals surface area contributed by atoms with E-state index < -0.39 is 0 Å². The first kappa shape index (κ1) is 13.1. The number of benzene rings is 2. The van der Waals surface area contributed by atoms with Gasteiger partial charge < -0.3 is 0 Å². The van der Waals surface area contributed by atoms with Crippen LogP contribution in [0.1, 0.15) is 40.7 Å². The van der Waals surface area contributed by atoms with Gasteiger partial charge in [0.2, 0.25) is 0 Å². The lowest BCUT2D eigenvalue weighted by Crippen LogP contribution is -2.07. The minimum absolute atomic E-state index is 0.102. The van der Waals surface area contributed by atoms with Gasteiger partial charge in [0.15, 0.2) is 5.78 Å². The second-order valence-electron chi connectivity index (χ2n) is 5.18. The first-order valence-electron chi connectivity index (χ1n) is 6.71. The maximum atomic E-state index is 12.5. The van der Waals surface area contributed by atoms with Gasteiger partial charge in [-0.2, -0.15) is 0 Å². The minimum Gasteiger partial charge on any atom is -0.294 e. The zero-order valence-corrected chi connectivity index (χ0v) is 12.0. The molecule has 0 radical (unpaired) electrons. The van der Waals surface area contributed by atoms with Gasteiger partial charge in [0, 0.05) is 17.9 Å². The first-order valence-corrected chi connectivity index (χ1v) is 7.09. The molecule has 3 rings (SSSR count). The van der Waals surface area contributed by atoms with Crippen LogP contribution in [0.15, 0.2) is 54.1 Å². The molecule has 0 aliphatic heterocycles. The molecule has 0 saturated heterocycles. The summed E-state index contributed by atoms with van der Waals surface area (Å²) in [7, 11) is 0. The lowest BCUT2D eigenvalue weighted by Gasteiger charge is -2.14. The number of hydrogen-bond donors (Lipinski definition) is 0. The van der Waals surface area contributed by atoms with E-state index in [1.54, 1.807) is 12.1 Å². The topological polar surface area (TPSA) is 17.1 Å². The molecule has 0 saturated carbocycles. The highest BCUT2D eigenvalue weighted by atomic mass is 35.5. The van der Waals surface area contributed by atoms with Crippen LogP contribution < -0.4 is 0 Å².